The molecule has 0 amide bonds. The Morgan fingerprint density at radius 3 is 2.82 bits per heavy atom. The molecule has 0 aromatic rings. The fourth-order valence-electron chi connectivity index (χ4n) is 1.82. The summed E-state index contributed by atoms with van der Waals surface area (Å²) in [7, 11) is 0. The lowest BCUT2D eigenvalue weighted by atomic mass is 9.81. The number of aliphatic hydroxyl groups is 1. The third-order valence-electron chi connectivity index (χ3n) is 2.58. The van der Waals surface area contributed by atoms with Crippen molar-refractivity contribution in [1.82, 2.24) is 0 Å². The standard InChI is InChI=1S/C10H18O/c1-3-4-9-7-10(11)6-5-8(9)2/h5-6,8-11H,3-4,7H2,1-2H3/t8-,9?,10+/m0/s1. The van der Waals surface area contributed by atoms with E-state index in [1.165, 1.54) is 12.8 Å². The molecule has 0 aromatic carbocycles. The largest absolute Gasteiger partial charge is 0.389 e. The van der Waals surface area contributed by atoms with Gasteiger partial charge < -0.3 is 5.11 Å². The maximum absolute atomic E-state index is 9.34. The number of hydrogen-bond donors (Lipinski definition) is 1. The van der Waals surface area contributed by atoms with Crippen molar-refractivity contribution < 1.29 is 5.11 Å². The van der Waals surface area contributed by atoms with Crippen LogP contribution in [0.1, 0.15) is 33.1 Å². The Bertz CT molecular complexity index is 140. The van der Waals surface area contributed by atoms with Crippen LogP contribution < -0.4 is 0 Å². The quantitative estimate of drug-likeness (QED) is 0.605. The van der Waals surface area contributed by atoms with Crippen molar-refractivity contribution >= 4 is 0 Å². The predicted molar refractivity (Wildman–Crippen MR) is 47.3 cm³/mol. The van der Waals surface area contributed by atoms with Crippen molar-refractivity contribution in [3.63, 3.8) is 0 Å². The number of rotatable bonds is 2. The lowest BCUT2D eigenvalue weighted by molar-refractivity contribution is 0.157. The summed E-state index contributed by atoms with van der Waals surface area (Å²) in [5.41, 5.74) is 0. The van der Waals surface area contributed by atoms with Gasteiger partial charge in [-0.25, -0.2) is 0 Å². The molecule has 64 valence electrons. The van der Waals surface area contributed by atoms with Crippen molar-refractivity contribution in [3.05, 3.63) is 12.2 Å². The molecule has 0 radical (unpaired) electrons. The second-order valence-corrected chi connectivity index (χ2v) is 3.60. The van der Waals surface area contributed by atoms with E-state index in [2.05, 4.69) is 19.9 Å². The summed E-state index contributed by atoms with van der Waals surface area (Å²) in [6, 6.07) is 0. The highest BCUT2D eigenvalue weighted by Crippen LogP contribution is 2.28. The minimum Gasteiger partial charge on any atom is -0.389 e. The molecule has 1 unspecified atom stereocenters. The zero-order valence-corrected chi connectivity index (χ0v) is 7.46. The first-order valence-corrected chi connectivity index (χ1v) is 4.60. The summed E-state index contributed by atoms with van der Waals surface area (Å²) in [5.74, 6) is 1.37. The van der Waals surface area contributed by atoms with Crippen molar-refractivity contribution in [2.24, 2.45) is 11.8 Å². The molecule has 0 bridgehead atoms. The molecule has 1 aliphatic rings. The Morgan fingerprint density at radius 1 is 1.45 bits per heavy atom. The Kier molecular flexibility index (Phi) is 3.13. The van der Waals surface area contributed by atoms with Crippen molar-refractivity contribution in [2.75, 3.05) is 0 Å². The van der Waals surface area contributed by atoms with E-state index in [1.54, 1.807) is 0 Å². The normalized spacial score (nSPS) is 37.5. The van der Waals surface area contributed by atoms with Gasteiger partial charge in [-0.2, -0.15) is 0 Å². The van der Waals surface area contributed by atoms with Crippen LogP contribution in [-0.2, 0) is 0 Å². The zero-order valence-electron chi connectivity index (χ0n) is 7.46. The topological polar surface area (TPSA) is 20.2 Å². The first kappa shape index (κ1) is 8.79. The van der Waals surface area contributed by atoms with Crippen LogP contribution in [-0.4, -0.2) is 11.2 Å². The highest BCUT2D eigenvalue weighted by Gasteiger charge is 2.20. The third kappa shape index (κ3) is 2.33. The van der Waals surface area contributed by atoms with E-state index < -0.39 is 0 Å². The molecule has 1 aliphatic carbocycles. The second kappa shape index (κ2) is 3.91. The molecular weight excluding hydrogens is 136 g/mol. The van der Waals surface area contributed by atoms with Gasteiger partial charge in [0.05, 0.1) is 6.10 Å². The summed E-state index contributed by atoms with van der Waals surface area (Å²) < 4.78 is 0. The average Bonchev–Trinajstić information content (AvgIpc) is 1.98. The van der Waals surface area contributed by atoms with Gasteiger partial charge in [0.2, 0.25) is 0 Å². The molecule has 3 atom stereocenters. The van der Waals surface area contributed by atoms with Crippen LogP contribution in [0.5, 0.6) is 0 Å². The van der Waals surface area contributed by atoms with Gasteiger partial charge in [0, 0.05) is 0 Å². The van der Waals surface area contributed by atoms with E-state index in [4.69, 9.17) is 0 Å². The predicted octanol–water partition coefficient (Wildman–Crippen LogP) is 2.36. The lowest BCUT2D eigenvalue weighted by Crippen LogP contribution is -2.21. The van der Waals surface area contributed by atoms with Crippen LogP contribution in [0.15, 0.2) is 12.2 Å². The second-order valence-electron chi connectivity index (χ2n) is 3.60. The molecule has 0 saturated heterocycles. The van der Waals surface area contributed by atoms with Crippen LogP contribution >= 0.6 is 0 Å². The zero-order chi connectivity index (χ0) is 8.27. The van der Waals surface area contributed by atoms with Gasteiger partial charge in [-0.1, -0.05) is 38.8 Å². The molecule has 0 spiro atoms. The van der Waals surface area contributed by atoms with Gasteiger partial charge in [-0.3, -0.25) is 0 Å². The molecule has 1 heteroatoms. The molecule has 1 N–H and O–H groups in total. The van der Waals surface area contributed by atoms with E-state index in [-0.39, 0.29) is 6.10 Å². The Balaban J connectivity index is 2.46. The Morgan fingerprint density at radius 2 is 2.18 bits per heavy atom. The number of allylic oxidation sites excluding steroid dienone is 1. The van der Waals surface area contributed by atoms with Crippen molar-refractivity contribution in [1.29, 1.82) is 0 Å². The van der Waals surface area contributed by atoms with E-state index >= 15 is 0 Å². The van der Waals surface area contributed by atoms with Crippen molar-refractivity contribution in [3.8, 4) is 0 Å². The SMILES string of the molecule is CCCC1C[C@H](O)C=C[C@@H]1C. The smallest absolute Gasteiger partial charge is 0.0723 e. The molecule has 0 heterocycles. The minimum atomic E-state index is -0.178. The molecule has 0 aromatic heterocycles. The first-order chi connectivity index (χ1) is 5.24. The highest BCUT2D eigenvalue weighted by molar-refractivity contribution is 5.00. The summed E-state index contributed by atoms with van der Waals surface area (Å²) >= 11 is 0. The summed E-state index contributed by atoms with van der Waals surface area (Å²) in [4.78, 5) is 0. The molecule has 11 heavy (non-hydrogen) atoms. The fraction of sp³-hybridized carbons (Fsp3) is 0.800. The van der Waals surface area contributed by atoms with Gasteiger partial charge in [0.25, 0.3) is 0 Å². The van der Waals surface area contributed by atoms with E-state index in [9.17, 15) is 5.11 Å². The lowest BCUT2D eigenvalue weighted by Gasteiger charge is -2.26. The summed E-state index contributed by atoms with van der Waals surface area (Å²) in [6.07, 6.45) is 7.34. The van der Waals surface area contributed by atoms with E-state index in [0.29, 0.717) is 11.8 Å². The maximum atomic E-state index is 9.34. The molecule has 0 saturated carbocycles. The fourth-order valence-corrected chi connectivity index (χ4v) is 1.82. The van der Waals surface area contributed by atoms with Crippen LogP contribution in [0.25, 0.3) is 0 Å². The molecule has 0 fully saturated rings. The van der Waals surface area contributed by atoms with Crippen LogP contribution in [0, 0.1) is 11.8 Å². The van der Waals surface area contributed by atoms with Gasteiger partial charge in [0.1, 0.15) is 0 Å². The monoisotopic (exact) mass is 154 g/mol. The highest BCUT2D eigenvalue weighted by atomic mass is 16.3. The maximum Gasteiger partial charge on any atom is 0.0723 e. The van der Waals surface area contributed by atoms with Crippen LogP contribution in [0.3, 0.4) is 0 Å². The summed E-state index contributed by atoms with van der Waals surface area (Å²) in [6.45, 7) is 4.44. The molecule has 1 nitrogen and oxygen atoms in total. The van der Waals surface area contributed by atoms with Crippen LogP contribution in [0.4, 0.5) is 0 Å². The van der Waals surface area contributed by atoms with Crippen molar-refractivity contribution in [2.45, 2.75) is 39.2 Å². The number of hydrogen-bond acceptors (Lipinski definition) is 1. The molecule has 1 rings (SSSR count). The van der Waals surface area contributed by atoms with Gasteiger partial charge in [-0.05, 0) is 18.3 Å². The Hall–Kier alpha value is -0.300. The third-order valence-corrected chi connectivity index (χ3v) is 2.58. The van der Waals surface area contributed by atoms with Gasteiger partial charge in [-0.15, -0.1) is 0 Å². The van der Waals surface area contributed by atoms with Crippen LogP contribution in [0.2, 0.25) is 0 Å². The average molecular weight is 154 g/mol. The van der Waals surface area contributed by atoms with E-state index in [1.807, 2.05) is 6.08 Å². The minimum absolute atomic E-state index is 0.178. The first-order valence-electron chi connectivity index (χ1n) is 4.60. The molecule has 0 aliphatic heterocycles. The summed E-state index contributed by atoms with van der Waals surface area (Å²) in [5, 5.41) is 9.34. The Labute approximate surface area is 69.1 Å². The van der Waals surface area contributed by atoms with Gasteiger partial charge >= 0.3 is 0 Å². The van der Waals surface area contributed by atoms with E-state index in [0.717, 1.165) is 6.42 Å². The molecular formula is C10H18O. The van der Waals surface area contributed by atoms with Gasteiger partial charge in [0.15, 0.2) is 0 Å². The number of aliphatic hydroxyl groups excluding tert-OH is 1.